The number of halogens is 1. The molecule has 0 aliphatic carbocycles. The molecule has 0 aliphatic rings. The number of hydrogen-bond donors (Lipinski definition) is 1. The summed E-state index contributed by atoms with van der Waals surface area (Å²) in [4.78, 5) is 11.9. The van der Waals surface area contributed by atoms with E-state index in [-0.39, 0.29) is 5.91 Å². The maximum atomic E-state index is 11.9. The molecule has 0 saturated carbocycles. The van der Waals surface area contributed by atoms with Crippen molar-refractivity contribution >= 4 is 33.6 Å². The van der Waals surface area contributed by atoms with E-state index in [1.165, 1.54) is 5.56 Å². The molecule has 1 N–H and O–H groups in total. The van der Waals surface area contributed by atoms with Gasteiger partial charge in [0.2, 0.25) is 5.91 Å². The molecular formula is C18H20BrNO2S. The second kappa shape index (κ2) is 9.63. The van der Waals surface area contributed by atoms with Gasteiger partial charge in [0.25, 0.3) is 0 Å². The zero-order valence-corrected chi connectivity index (χ0v) is 15.5. The fourth-order valence-corrected chi connectivity index (χ4v) is 3.05. The van der Waals surface area contributed by atoms with Crippen molar-refractivity contribution in [3.05, 3.63) is 64.1 Å². The lowest BCUT2D eigenvalue weighted by Crippen LogP contribution is -2.24. The summed E-state index contributed by atoms with van der Waals surface area (Å²) in [6.45, 7) is 3.16. The standard InChI is InChI=1S/C18H20BrNO2S/c1-2-22-17-9-5-14(6-10-17)11-20-18(21)13-23-12-15-3-7-16(19)8-4-15/h3-10H,2,11-13H2,1H3,(H,20,21). The van der Waals surface area contributed by atoms with Crippen LogP contribution in [0.25, 0.3) is 0 Å². The van der Waals surface area contributed by atoms with Crippen LogP contribution in [-0.2, 0) is 17.1 Å². The van der Waals surface area contributed by atoms with Gasteiger partial charge >= 0.3 is 0 Å². The predicted octanol–water partition coefficient (Wildman–Crippen LogP) is 4.40. The average molecular weight is 394 g/mol. The van der Waals surface area contributed by atoms with Gasteiger partial charge < -0.3 is 10.1 Å². The summed E-state index contributed by atoms with van der Waals surface area (Å²) in [5, 5.41) is 2.94. The molecule has 2 aromatic rings. The molecule has 0 spiro atoms. The van der Waals surface area contributed by atoms with Gasteiger partial charge in [0.05, 0.1) is 12.4 Å². The second-order valence-corrected chi connectivity index (χ2v) is 6.87. The van der Waals surface area contributed by atoms with E-state index in [1.807, 2.05) is 43.3 Å². The number of ether oxygens (including phenoxy) is 1. The smallest absolute Gasteiger partial charge is 0.230 e. The molecule has 0 radical (unpaired) electrons. The highest BCUT2D eigenvalue weighted by Crippen LogP contribution is 2.16. The molecule has 2 rings (SSSR count). The van der Waals surface area contributed by atoms with Gasteiger partial charge in [0.15, 0.2) is 0 Å². The van der Waals surface area contributed by atoms with Crippen molar-refractivity contribution in [2.24, 2.45) is 0 Å². The molecule has 23 heavy (non-hydrogen) atoms. The maximum Gasteiger partial charge on any atom is 0.230 e. The average Bonchev–Trinajstić information content (AvgIpc) is 2.56. The predicted molar refractivity (Wildman–Crippen MR) is 99.8 cm³/mol. The second-order valence-electron chi connectivity index (χ2n) is 4.97. The molecule has 0 unspecified atom stereocenters. The molecule has 0 atom stereocenters. The number of amides is 1. The van der Waals surface area contributed by atoms with Crippen molar-refractivity contribution in [1.82, 2.24) is 5.32 Å². The number of nitrogens with one attached hydrogen (secondary N) is 1. The van der Waals surface area contributed by atoms with Crippen molar-refractivity contribution in [2.75, 3.05) is 12.4 Å². The van der Waals surface area contributed by atoms with Gasteiger partial charge in [-0.2, -0.15) is 0 Å². The molecule has 0 fully saturated rings. The summed E-state index contributed by atoms with van der Waals surface area (Å²) in [7, 11) is 0. The van der Waals surface area contributed by atoms with Crippen LogP contribution in [-0.4, -0.2) is 18.3 Å². The van der Waals surface area contributed by atoms with Crippen LogP contribution in [0.5, 0.6) is 5.75 Å². The Hall–Kier alpha value is -1.46. The molecule has 5 heteroatoms. The molecule has 0 saturated heterocycles. The topological polar surface area (TPSA) is 38.3 Å². The van der Waals surface area contributed by atoms with Crippen LogP contribution >= 0.6 is 27.7 Å². The van der Waals surface area contributed by atoms with E-state index in [0.29, 0.717) is 18.9 Å². The first-order valence-corrected chi connectivity index (χ1v) is 9.43. The van der Waals surface area contributed by atoms with Gasteiger partial charge in [-0.3, -0.25) is 4.79 Å². The third-order valence-electron chi connectivity index (χ3n) is 3.14. The number of benzene rings is 2. The lowest BCUT2D eigenvalue weighted by molar-refractivity contribution is -0.118. The summed E-state index contributed by atoms with van der Waals surface area (Å²) >= 11 is 5.03. The van der Waals surface area contributed by atoms with Crippen LogP contribution in [0, 0.1) is 0 Å². The van der Waals surface area contributed by atoms with E-state index in [0.717, 1.165) is 21.5 Å². The zero-order valence-electron chi connectivity index (χ0n) is 13.0. The van der Waals surface area contributed by atoms with E-state index < -0.39 is 0 Å². The Kier molecular flexibility index (Phi) is 7.49. The van der Waals surface area contributed by atoms with E-state index >= 15 is 0 Å². The Bertz CT molecular complexity index is 614. The normalized spacial score (nSPS) is 10.3. The Labute approximate surface area is 149 Å². The van der Waals surface area contributed by atoms with Crippen molar-refractivity contribution in [3.63, 3.8) is 0 Å². The highest BCUT2D eigenvalue weighted by Gasteiger charge is 2.03. The molecule has 2 aromatic carbocycles. The monoisotopic (exact) mass is 393 g/mol. The van der Waals surface area contributed by atoms with Crippen molar-refractivity contribution in [3.8, 4) is 5.75 Å². The molecule has 0 bridgehead atoms. The summed E-state index contributed by atoms with van der Waals surface area (Å²) in [6, 6.07) is 16.0. The SMILES string of the molecule is CCOc1ccc(CNC(=O)CSCc2ccc(Br)cc2)cc1. The summed E-state index contributed by atoms with van der Waals surface area (Å²) < 4.78 is 6.46. The Balaban J connectivity index is 1.67. The minimum Gasteiger partial charge on any atom is -0.494 e. The highest BCUT2D eigenvalue weighted by atomic mass is 79.9. The first-order valence-electron chi connectivity index (χ1n) is 7.48. The molecule has 0 aromatic heterocycles. The third-order valence-corrected chi connectivity index (χ3v) is 4.67. The summed E-state index contributed by atoms with van der Waals surface area (Å²) in [6.07, 6.45) is 0. The van der Waals surface area contributed by atoms with Crippen molar-refractivity contribution < 1.29 is 9.53 Å². The van der Waals surface area contributed by atoms with Crippen LogP contribution in [0.15, 0.2) is 53.0 Å². The molecule has 0 aliphatic heterocycles. The minimum absolute atomic E-state index is 0.0565. The van der Waals surface area contributed by atoms with E-state index in [4.69, 9.17) is 4.74 Å². The van der Waals surface area contributed by atoms with Crippen molar-refractivity contribution in [1.29, 1.82) is 0 Å². The molecule has 3 nitrogen and oxygen atoms in total. The number of carbonyl (C=O) groups excluding carboxylic acids is 1. The number of thioether (sulfide) groups is 1. The van der Waals surface area contributed by atoms with Gasteiger partial charge in [0.1, 0.15) is 5.75 Å². The van der Waals surface area contributed by atoms with Gasteiger partial charge in [0, 0.05) is 16.8 Å². The first-order chi connectivity index (χ1) is 11.2. The van der Waals surface area contributed by atoms with Gasteiger partial charge in [-0.05, 0) is 42.3 Å². The quantitative estimate of drug-likeness (QED) is 0.722. The van der Waals surface area contributed by atoms with Crippen LogP contribution in [0.1, 0.15) is 18.1 Å². The summed E-state index contributed by atoms with van der Waals surface area (Å²) in [5.74, 6) is 2.21. The number of carbonyl (C=O) groups is 1. The van der Waals surface area contributed by atoms with E-state index in [9.17, 15) is 4.79 Å². The van der Waals surface area contributed by atoms with Crippen LogP contribution in [0.4, 0.5) is 0 Å². The largest absolute Gasteiger partial charge is 0.494 e. The van der Waals surface area contributed by atoms with Gasteiger partial charge in [-0.25, -0.2) is 0 Å². The fourth-order valence-electron chi connectivity index (χ4n) is 1.96. The first kappa shape index (κ1) is 17.9. The lowest BCUT2D eigenvalue weighted by Gasteiger charge is -2.07. The fraction of sp³-hybridized carbons (Fsp3) is 0.278. The van der Waals surface area contributed by atoms with Crippen molar-refractivity contribution in [2.45, 2.75) is 19.2 Å². The minimum atomic E-state index is 0.0565. The molecule has 1 amide bonds. The van der Waals surface area contributed by atoms with Crippen LogP contribution in [0.2, 0.25) is 0 Å². The highest BCUT2D eigenvalue weighted by molar-refractivity contribution is 9.10. The van der Waals surface area contributed by atoms with E-state index in [2.05, 4.69) is 33.4 Å². The maximum absolute atomic E-state index is 11.9. The Morgan fingerprint density at radius 2 is 1.74 bits per heavy atom. The molecule has 0 heterocycles. The Morgan fingerprint density at radius 3 is 2.39 bits per heavy atom. The molecular weight excluding hydrogens is 374 g/mol. The Morgan fingerprint density at radius 1 is 1.09 bits per heavy atom. The van der Waals surface area contributed by atoms with Gasteiger partial charge in [-0.15, -0.1) is 11.8 Å². The number of hydrogen-bond acceptors (Lipinski definition) is 3. The third kappa shape index (κ3) is 6.67. The van der Waals surface area contributed by atoms with Crippen LogP contribution in [0.3, 0.4) is 0 Å². The molecule has 122 valence electrons. The lowest BCUT2D eigenvalue weighted by atomic mass is 10.2. The number of rotatable bonds is 8. The van der Waals surface area contributed by atoms with Crippen LogP contribution < -0.4 is 10.1 Å². The van der Waals surface area contributed by atoms with Gasteiger partial charge in [-0.1, -0.05) is 40.2 Å². The zero-order chi connectivity index (χ0) is 16.5. The summed E-state index contributed by atoms with van der Waals surface area (Å²) in [5.41, 5.74) is 2.29. The van der Waals surface area contributed by atoms with E-state index in [1.54, 1.807) is 11.8 Å².